The molecule has 0 unspecified atom stereocenters. The molecule has 0 saturated heterocycles. The Morgan fingerprint density at radius 1 is 0.828 bits per heavy atom. The van der Waals surface area contributed by atoms with Gasteiger partial charge in [-0.25, -0.2) is 0 Å². The number of halogens is 3. The molecule has 1 aromatic heterocycles. The average molecular weight is 410 g/mol. The molecule has 1 nitrogen and oxygen atoms in total. The van der Waals surface area contributed by atoms with E-state index in [0.717, 1.165) is 48.1 Å². The van der Waals surface area contributed by atoms with E-state index in [1.54, 1.807) is 6.07 Å². The number of unbranched alkanes of at least 4 members (excludes halogenated alkanes) is 2. The van der Waals surface area contributed by atoms with Gasteiger partial charge in [-0.2, -0.15) is 13.2 Å². The van der Waals surface area contributed by atoms with Crippen LogP contribution in [0.15, 0.2) is 18.3 Å². The van der Waals surface area contributed by atoms with E-state index in [1.165, 1.54) is 83.2 Å². The minimum Gasteiger partial charge on any atom is -0.252 e. The first-order valence-corrected chi connectivity index (χ1v) is 12.0. The summed E-state index contributed by atoms with van der Waals surface area (Å²) >= 11 is 0. The molecule has 1 aromatic rings. The third kappa shape index (κ3) is 7.00. The van der Waals surface area contributed by atoms with Crippen molar-refractivity contribution in [1.29, 1.82) is 0 Å². The maximum absolute atomic E-state index is 12.6. The minimum absolute atomic E-state index is 0.735. The van der Waals surface area contributed by atoms with Crippen molar-refractivity contribution < 1.29 is 13.2 Å². The summed E-state index contributed by atoms with van der Waals surface area (Å²) in [5, 5.41) is 0. The molecule has 2 aliphatic carbocycles. The lowest BCUT2D eigenvalue weighted by Crippen LogP contribution is -2.26. The van der Waals surface area contributed by atoms with Gasteiger partial charge in [0.15, 0.2) is 0 Å². The Bertz CT molecular complexity index is 579. The molecule has 164 valence electrons. The van der Waals surface area contributed by atoms with Crippen molar-refractivity contribution in [3.8, 4) is 0 Å². The molecule has 3 rings (SSSR count). The molecule has 0 N–H and O–H groups in total. The van der Waals surface area contributed by atoms with Crippen LogP contribution in [-0.4, -0.2) is 4.98 Å². The second-order valence-corrected chi connectivity index (χ2v) is 9.65. The number of aromatic nitrogens is 1. The Morgan fingerprint density at radius 2 is 1.41 bits per heavy atom. The van der Waals surface area contributed by atoms with E-state index in [-0.39, 0.29) is 0 Å². The lowest BCUT2D eigenvalue weighted by Gasteiger charge is -2.38. The molecule has 1 heterocycles. The molecule has 0 atom stereocenters. The smallest absolute Gasteiger partial charge is 0.252 e. The molecule has 2 fully saturated rings. The summed E-state index contributed by atoms with van der Waals surface area (Å²) in [6, 6.07) is 2.71. The summed E-state index contributed by atoms with van der Waals surface area (Å²) in [6.45, 7) is 2.29. The molecule has 0 radical (unpaired) electrons. The normalized spacial score (nSPS) is 28.4. The number of hydrogen-bond acceptors (Lipinski definition) is 1. The quantitative estimate of drug-likeness (QED) is 0.394. The molecule has 4 heteroatoms. The number of nitrogens with zero attached hydrogens (tertiary/aromatic N) is 1. The molecule has 0 amide bonds. The van der Waals surface area contributed by atoms with Gasteiger partial charge in [-0.05, 0) is 73.8 Å². The van der Waals surface area contributed by atoms with Crippen LogP contribution in [0.1, 0.15) is 102 Å². The van der Waals surface area contributed by atoms with Crippen LogP contribution in [0, 0.1) is 23.7 Å². The number of aryl methyl sites for hydroxylation is 1. The standard InChI is InChI=1S/C25H38F3N/c1-2-3-4-5-19-8-13-22(14-9-19)23-15-10-20(11-16-23)6-7-21-12-17-24(29-18-21)25(26,27)28/h12,17-20,22-23H,2-11,13-16H2,1H3. The Hall–Kier alpha value is -1.06. The van der Waals surface area contributed by atoms with Crippen molar-refractivity contribution in [2.75, 3.05) is 0 Å². The molecule has 2 saturated carbocycles. The van der Waals surface area contributed by atoms with Crippen molar-refractivity contribution in [2.24, 2.45) is 23.7 Å². The van der Waals surface area contributed by atoms with Crippen molar-refractivity contribution in [2.45, 2.75) is 103 Å². The van der Waals surface area contributed by atoms with Crippen LogP contribution in [-0.2, 0) is 12.6 Å². The van der Waals surface area contributed by atoms with Crippen molar-refractivity contribution in [3.63, 3.8) is 0 Å². The second kappa shape index (κ2) is 10.8. The van der Waals surface area contributed by atoms with Gasteiger partial charge in [0.25, 0.3) is 0 Å². The summed E-state index contributed by atoms with van der Waals surface area (Å²) < 4.78 is 37.8. The number of pyridine rings is 1. The molecular weight excluding hydrogens is 371 g/mol. The lowest BCUT2D eigenvalue weighted by atomic mass is 9.68. The van der Waals surface area contributed by atoms with Crippen LogP contribution >= 0.6 is 0 Å². The van der Waals surface area contributed by atoms with Crippen LogP contribution in [0.3, 0.4) is 0 Å². The van der Waals surface area contributed by atoms with E-state index in [1.807, 2.05) is 0 Å². The van der Waals surface area contributed by atoms with Crippen LogP contribution in [0.2, 0.25) is 0 Å². The molecule has 0 bridgehead atoms. The fraction of sp³-hybridized carbons (Fsp3) is 0.800. The van der Waals surface area contributed by atoms with Crippen LogP contribution in [0.5, 0.6) is 0 Å². The average Bonchev–Trinajstić information content (AvgIpc) is 2.73. The van der Waals surface area contributed by atoms with E-state index in [2.05, 4.69) is 11.9 Å². The zero-order chi connectivity index (χ0) is 20.7. The van der Waals surface area contributed by atoms with Gasteiger partial charge in [0.05, 0.1) is 0 Å². The summed E-state index contributed by atoms with van der Waals surface area (Å²) in [6.07, 6.45) is 15.7. The van der Waals surface area contributed by atoms with Gasteiger partial charge in [0, 0.05) is 6.20 Å². The van der Waals surface area contributed by atoms with Crippen LogP contribution < -0.4 is 0 Å². The SMILES string of the molecule is CCCCCC1CCC(C2CCC(CCc3ccc(C(F)(F)F)nc3)CC2)CC1. The van der Waals surface area contributed by atoms with Gasteiger partial charge >= 0.3 is 6.18 Å². The number of hydrogen-bond donors (Lipinski definition) is 0. The fourth-order valence-electron chi connectivity index (χ4n) is 5.69. The Labute approximate surface area is 174 Å². The fourth-order valence-corrected chi connectivity index (χ4v) is 5.69. The first-order chi connectivity index (χ1) is 14.0. The van der Waals surface area contributed by atoms with Gasteiger partial charge in [-0.1, -0.05) is 64.4 Å². The third-order valence-corrected chi connectivity index (χ3v) is 7.62. The Morgan fingerprint density at radius 3 is 1.90 bits per heavy atom. The first kappa shape index (κ1) is 22.6. The maximum Gasteiger partial charge on any atom is 0.433 e. The molecule has 2 aliphatic rings. The number of alkyl halides is 3. The zero-order valence-electron chi connectivity index (χ0n) is 18.0. The third-order valence-electron chi connectivity index (χ3n) is 7.62. The molecule has 0 aliphatic heterocycles. The topological polar surface area (TPSA) is 12.9 Å². The zero-order valence-corrected chi connectivity index (χ0v) is 18.0. The van der Waals surface area contributed by atoms with Gasteiger partial charge < -0.3 is 0 Å². The Balaban J connectivity index is 1.34. The van der Waals surface area contributed by atoms with E-state index in [4.69, 9.17) is 0 Å². The number of rotatable bonds is 8. The van der Waals surface area contributed by atoms with E-state index in [0.29, 0.717) is 0 Å². The largest absolute Gasteiger partial charge is 0.433 e. The van der Waals surface area contributed by atoms with E-state index < -0.39 is 11.9 Å². The minimum atomic E-state index is -4.34. The highest BCUT2D eigenvalue weighted by Gasteiger charge is 2.32. The summed E-state index contributed by atoms with van der Waals surface area (Å²) in [5.74, 6) is 3.61. The van der Waals surface area contributed by atoms with Gasteiger partial charge in [0.1, 0.15) is 5.69 Å². The summed E-state index contributed by atoms with van der Waals surface area (Å²) in [5.41, 5.74) is 0.142. The van der Waals surface area contributed by atoms with Crippen LogP contribution in [0.4, 0.5) is 13.2 Å². The maximum atomic E-state index is 12.6. The van der Waals surface area contributed by atoms with Gasteiger partial charge in [0.2, 0.25) is 0 Å². The summed E-state index contributed by atoms with van der Waals surface area (Å²) in [7, 11) is 0. The van der Waals surface area contributed by atoms with Crippen LogP contribution in [0.25, 0.3) is 0 Å². The highest BCUT2D eigenvalue weighted by Crippen LogP contribution is 2.43. The van der Waals surface area contributed by atoms with Crippen molar-refractivity contribution in [3.05, 3.63) is 29.6 Å². The van der Waals surface area contributed by atoms with Crippen molar-refractivity contribution in [1.82, 2.24) is 4.98 Å². The van der Waals surface area contributed by atoms with Gasteiger partial charge in [-0.15, -0.1) is 0 Å². The Kier molecular flexibility index (Phi) is 8.44. The molecular formula is C25H38F3N. The molecule has 0 aromatic carbocycles. The highest BCUT2D eigenvalue weighted by atomic mass is 19.4. The first-order valence-electron chi connectivity index (χ1n) is 12.0. The predicted octanol–water partition coefficient (Wildman–Crippen LogP) is 8.23. The monoisotopic (exact) mass is 409 g/mol. The van der Waals surface area contributed by atoms with E-state index in [9.17, 15) is 13.2 Å². The molecule has 29 heavy (non-hydrogen) atoms. The molecule has 0 spiro atoms. The van der Waals surface area contributed by atoms with Gasteiger partial charge in [-0.3, -0.25) is 4.98 Å². The van der Waals surface area contributed by atoms with Crippen molar-refractivity contribution >= 4 is 0 Å². The summed E-state index contributed by atoms with van der Waals surface area (Å²) in [4.78, 5) is 3.59. The predicted molar refractivity (Wildman–Crippen MR) is 113 cm³/mol. The second-order valence-electron chi connectivity index (χ2n) is 9.65. The van der Waals surface area contributed by atoms with E-state index >= 15 is 0 Å². The highest BCUT2D eigenvalue weighted by molar-refractivity contribution is 5.16. The lowest BCUT2D eigenvalue weighted by molar-refractivity contribution is -0.141.